The van der Waals surface area contributed by atoms with Gasteiger partial charge in [0.25, 0.3) is 0 Å². The van der Waals surface area contributed by atoms with Crippen molar-refractivity contribution in [2.75, 3.05) is 6.61 Å². The number of carbonyl (C=O) groups excluding carboxylic acids is 1. The van der Waals surface area contributed by atoms with Crippen molar-refractivity contribution in [1.82, 2.24) is 0 Å². The molecule has 0 unspecified atom stereocenters. The van der Waals surface area contributed by atoms with E-state index in [0.29, 0.717) is 22.7 Å². The molecule has 24 heavy (non-hydrogen) atoms. The molecule has 5 aliphatic carbocycles. The van der Waals surface area contributed by atoms with Crippen LogP contribution in [0.25, 0.3) is 0 Å². The van der Waals surface area contributed by atoms with E-state index in [0.717, 1.165) is 37.2 Å². The summed E-state index contributed by atoms with van der Waals surface area (Å²) in [7, 11) is 0. The molecule has 5 rings (SSSR count). The Kier molecular flexibility index (Phi) is 3.53. The molecule has 0 saturated heterocycles. The largest absolute Gasteiger partial charge is 0.378 e. The molecule has 4 fully saturated rings. The Balaban J connectivity index is 1.41. The van der Waals surface area contributed by atoms with E-state index in [-0.39, 0.29) is 0 Å². The quantitative estimate of drug-likeness (QED) is 0.723. The maximum Gasteiger partial charge on any atom is 0.155 e. The fourth-order valence-electron chi connectivity index (χ4n) is 7.12. The zero-order valence-electron chi connectivity index (χ0n) is 15.2. The van der Waals surface area contributed by atoms with E-state index in [9.17, 15) is 4.79 Å². The predicted molar refractivity (Wildman–Crippen MR) is 94.6 cm³/mol. The van der Waals surface area contributed by atoms with Gasteiger partial charge in [-0.2, -0.15) is 0 Å². The molecule has 0 aliphatic heterocycles. The standard InChI is InChI=1S/C22H32O2/c1-21-11-8-16(23)13-15(21)4-7-18-19(21)9-12-22(10-2-3-20(18)22)14-24-17-5-6-17/h13,17-20H,2-12,14H2,1H3/t18-,19+,20+,21+,22+/m1/s1. The highest BCUT2D eigenvalue weighted by Gasteiger charge is 2.57. The zero-order chi connectivity index (χ0) is 16.4. The summed E-state index contributed by atoms with van der Waals surface area (Å²) >= 11 is 0. The van der Waals surface area contributed by atoms with Gasteiger partial charge >= 0.3 is 0 Å². The van der Waals surface area contributed by atoms with Crippen molar-refractivity contribution in [1.29, 1.82) is 0 Å². The van der Waals surface area contributed by atoms with E-state index in [1.54, 1.807) is 0 Å². The van der Waals surface area contributed by atoms with E-state index < -0.39 is 0 Å². The van der Waals surface area contributed by atoms with Crippen molar-refractivity contribution in [3.8, 4) is 0 Å². The van der Waals surface area contributed by atoms with Gasteiger partial charge in [-0.1, -0.05) is 18.9 Å². The number of rotatable bonds is 3. The molecule has 0 heterocycles. The number of hydrogen-bond acceptors (Lipinski definition) is 2. The topological polar surface area (TPSA) is 26.3 Å². The fraction of sp³-hybridized carbons (Fsp3) is 0.864. The minimum absolute atomic E-state index is 0.322. The van der Waals surface area contributed by atoms with Crippen molar-refractivity contribution in [3.63, 3.8) is 0 Å². The highest BCUT2D eigenvalue weighted by Crippen LogP contribution is 2.65. The third-order valence-corrected chi connectivity index (χ3v) is 8.62. The summed E-state index contributed by atoms with van der Waals surface area (Å²) in [6.07, 6.45) is 16.6. The first kappa shape index (κ1) is 15.6. The van der Waals surface area contributed by atoms with Crippen LogP contribution in [0.4, 0.5) is 0 Å². The Morgan fingerprint density at radius 1 is 1.04 bits per heavy atom. The minimum atomic E-state index is 0.322. The summed E-state index contributed by atoms with van der Waals surface area (Å²) < 4.78 is 6.27. The molecule has 2 nitrogen and oxygen atoms in total. The lowest BCUT2D eigenvalue weighted by Gasteiger charge is -2.58. The molecule has 0 N–H and O–H groups in total. The molecule has 0 aromatic rings. The summed E-state index contributed by atoms with van der Waals surface area (Å²) in [6, 6.07) is 0. The first-order valence-electron chi connectivity index (χ1n) is 10.5. The first-order chi connectivity index (χ1) is 11.6. The SMILES string of the molecule is C[C@]12CCC(=O)C=C1CC[C@H]1[C@@H]3CCC[C@@]3(COC3CC3)CC[C@@H]12. The average molecular weight is 328 g/mol. The van der Waals surface area contributed by atoms with Crippen molar-refractivity contribution >= 4 is 5.78 Å². The monoisotopic (exact) mass is 328 g/mol. The molecule has 2 heteroatoms. The van der Waals surface area contributed by atoms with Gasteiger partial charge < -0.3 is 4.74 Å². The van der Waals surface area contributed by atoms with Gasteiger partial charge in [-0.3, -0.25) is 4.79 Å². The Hall–Kier alpha value is -0.630. The third kappa shape index (κ3) is 2.28. The molecule has 0 bridgehead atoms. The van der Waals surface area contributed by atoms with Gasteiger partial charge in [0, 0.05) is 6.42 Å². The second kappa shape index (κ2) is 5.43. The van der Waals surface area contributed by atoms with Gasteiger partial charge in [0.2, 0.25) is 0 Å². The number of ether oxygens (including phenoxy) is 1. The summed E-state index contributed by atoms with van der Waals surface area (Å²) in [5.41, 5.74) is 2.33. The molecule has 0 spiro atoms. The Labute approximate surface area is 146 Å². The molecule has 0 aromatic heterocycles. The average Bonchev–Trinajstić information content (AvgIpc) is 3.31. The molecule has 0 aromatic carbocycles. The first-order valence-corrected chi connectivity index (χ1v) is 10.5. The second-order valence-corrected chi connectivity index (χ2v) is 9.77. The number of fused-ring (bicyclic) bond motifs is 5. The lowest BCUT2D eigenvalue weighted by atomic mass is 9.47. The minimum Gasteiger partial charge on any atom is -0.378 e. The molecular formula is C22H32O2. The van der Waals surface area contributed by atoms with Gasteiger partial charge in [0.15, 0.2) is 5.78 Å². The van der Waals surface area contributed by atoms with Gasteiger partial charge in [-0.05, 0) is 92.4 Å². The molecule has 5 atom stereocenters. The van der Waals surface area contributed by atoms with Gasteiger partial charge in [-0.25, -0.2) is 0 Å². The Morgan fingerprint density at radius 3 is 2.75 bits per heavy atom. The fourth-order valence-corrected chi connectivity index (χ4v) is 7.12. The van der Waals surface area contributed by atoms with Crippen molar-refractivity contribution in [3.05, 3.63) is 11.6 Å². The molecular weight excluding hydrogens is 296 g/mol. The van der Waals surface area contributed by atoms with Crippen LogP contribution in [0.1, 0.15) is 77.6 Å². The highest BCUT2D eigenvalue weighted by molar-refractivity contribution is 5.91. The summed E-state index contributed by atoms with van der Waals surface area (Å²) in [4.78, 5) is 11.9. The summed E-state index contributed by atoms with van der Waals surface area (Å²) in [5, 5.41) is 0. The van der Waals surface area contributed by atoms with E-state index in [4.69, 9.17) is 4.74 Å². The Bertz CT molecular complexity index is 575. The zero-order valence-corrected chi connectivity index (χ0v) is 15.2. The van der Waals surface area contributed by atoms with E-state index in [1.165, 1.54) is 63.4 Å². The number of allylic oxidation sites excluding steroid dienone is 1. The Morgan fingerprint density at radius 2 is 1.92 bits per heavy atom. The molecule has 5 aliphatic rings. The van der Waals surface area contributed by atoms with E-state index in [1.807, 2.05) is 6.08 Å². The lowest BCUT2D eigenvalue weighted by Crippen LogP contribution is -2.51. The van der Waals surface area contributed by atoms with Crippen LogP contribution in [0.5, 0.6) is 0 Å². The number of hydrogen-bond donors (Lipinski definition) is 0. The number of carbonyl (C=O) groups is 1. The summed E-state index contributed by atoms with van der Waals surface area (Å²) in [5.74, 6) is 2.98. The maximum atomic E-state index is 11.9. The van der Waals surface area contributed by atoms with Crippen molar-refractivity contribution in [2.24, 2.45) is 28.6 Å². The smallest absolute Gasteiger partial charge is 0.155 e. The van der Waals surface area contributed by atoms with Crippen LogP contribution in [-0.2, 0) is 9.53 Å². The molecule has 4 saturated carbocycles. The normalized spacial score (nSPS) is 47.6. The third-order valence-electron chi connectivity index (χ3n) is 8.62. The van der Waals surface area contributed by atoms with Crippen LogP contribution in [0.2, 0.25) is 0 Å². The van der Waals surface area contributed by atoms with Crippen LogP contribution >= 0.6 is 0 Å². The van der Waals surface area contributed by atoms with Crippen LogP contribution in [0, 0.1) is 28.6 Å². The van der Waals surface area contributed by atoms with Gasteiger partial charge in [0.05, 0.1) is 12.7 Å². The van der Waals surface area contributed by atoms with Crippen LogP contribution in [-0.4, -0.2) is 18.5 Å². The highest BCUT2D eigenvalue weighted by atomic mass is 16.5. The lowest BCUT2D eigenvalue weighted by molar-refractivity contribution is -0.118. The van der Waals surface area contributed by atoms with Crippen molar-refractivity contribution < 1.29 is 9.53 Å². The molecule has 0 radical (unpaired) electrons. The van der Waals surface area contributed by atoms with Crippen LogP contribution in [0.3, 0.4) is 0 Å². The molecule has 0 amide bonds. The van der Waals surface area contributed by atoms with E-state index >= 15 is 0 Å². The molecule has 132 valence electrons. The van der Waals surface area contributed by atoms with Crippen molar-refractivity contribution in [2.45, 2.75) is 83.7 Å². The number of ketones is 1. The van der Waals surface area contributed by atoms with Gasteiger partial charge in [0.1, 0.15) is 0 Å². The second-order valence-electron chi connectivity index (χ2n) is 9.77. The maximum absolute atomic E-state index is 11.9. The van der Waals surface area contributed by atoms with Gasteiger partial charge in [-0.15, -0.1) is 0 Å². The summed E-state index contributed by atoms with van der Waals surface area (Å²) in [6.45, 7) is 3.54. The van der Waals surface area contributed by atoms with Crippen LogP contribution in [0.15, 0.2) is 11.6 Å². The van der Waals surface area contributed by atoms with Crippen LogP contribution < -0.4 is 0 Å². The predicted octanol–water partition coefficient (Wildman–Crippen LogP) is 5.07. The van der Waals surface area contributed by atoms with E-state index in [2.05, 4.69) is 6.92 Å².